The summed E-state index contributed by atoms with van der Waals surface area (Å²) in [6, 6.07) is 11.0. The van der Waals surface area contributed by atoms with Crippen LogP contribution >= 0.6 is 11.6 Å². The maximum atomic E-state index is 12.8. The monoisotopic (exact) mass is 396 g/mol. The lowest BCUT2D eigenvalue weighted by atomic mass is 10.2. The van der Waals surface area contributed by atoms with E-state index in [0.29, 0.717) is 12.1 Å². The van der Waals surface area contributed by atoms with Gasteiger partial charge in [0.15, 0.2) is 0 Å². The second kappa shape index (κ2) is 8.91. The van der Waals surface area contributed by atoms with Gasteiger partial charge in [-0.25, -0.2) is 8.42 Å². The first-order valence-electron chi connectivity index (χ1n) is 8.12. The highest BCUT2D eigenvalue weighted by molar-refractivity contribution is 7.92. The van der Waals surface area contributed by atoms with E-state index in [-0.39, 0.29) is 27.3 Å². The molecule has 0 aliphatic rings. The Morgan fingerprint density at radius 3 is 2.58 bits per heavy atom. The van der Waals surface area contributed by atoms with Crippen molar-refractivity contribution in [1.29, 1.82) is 0 Å². The number of carbonyl (C=O) groups excluding carboxylic acids is 1. The Labute approximate surface area is 158 Å². The topological polar surface area (TPSA) is 84.5 Å². The zero-order valence-electron chi connectivity index (χ0n) is 14.6. The Morgan fingerprint density at radius 2 is 1.92 bits per heavy atom. The van der Waals surface area contributed by atoms with Gasteiger partial charge in [0.2, 0.25) is 5.91 Å². The molecule has 2 rings (SSSR count). The molecule has 0 spiro atoms. The van der Waals surface area contributed by atoms with E-state index in [1.165, 1.54) is 19.2 Å². The molecule has 0 atom stereocenters. The number of hydrogen-bond acceptors (Lipinski definition) is 4. The number of para-hydroxylation sites is 1. The van der Waals surface area contributed by atoms with Crippen molar-refractivity contribution >= 4 is 38.9 Å². The summed E-state index contributed by atoms with van der Waals surface area (Å²) in [4.78, 5) is 11.8. The number of rotatable bonds is 8. The zero-order valence-corrected chi connectivity index (χ0v) is 16.2. The number of anilines is 2. The maximum absolute atomic E-state index is 12.8. The van der Waals surface area contributed by atoms with Crippen molar-refractivity contribution in [2.24, 2.45) is 0 Å². The molecular weight excluding hydrogens is 376 g/mol. The molecular formula is C18H21ClN2O4S. The first kappa shape index (κ1) is 20.1. The minimum Gasteiger partial charge on any atom is -0.495 e. The summed E-state index contributed by atoms with van der Waals surface area (Å²) in [6.45, 7) is 1.99. The summed E-state index contributed by atoms with van der Waals surface area (Å²) in [5.41, 5.74) is 0.639. The average Bonchev–Trinajstić information content (AvgIpc) is 2.61. The largest absolute Gasteiger partial charge is 0.495 e. The molecule has 0 saturated carbocycles. The van der Waals surface area contributed by atoms with Crippen molar-refractivity contribution in [2.75, 3.05) is 17.1 Å². The number of carbonyl (C=O) groups is 1. The molecule has 2 aromatic carbocycles. The predicted molar refractivity (Wildman–Crippen MR) is 103 cm³/mol. The number of ether oxygens (including phenoxy) is 1. The van der Waals surface area contributed by atoms with Crippen LogP contribution < -0.4 is 14.8 Å². The van der Waals surface area contributed by atoms with Gasteiger partial charge in [-0.3, -0.25) is 9.52 Å². The first-order valence-corrected chi connectivity index (χ1v) is 9.98. The Balaban J connectivity index is 2.32. The van der Waals surface area contributed by atoms with E-state index in [0.717, 1.165) is 12.8 Å². The van der Waals surface area contributed by atoms with E-state index in [1.807, 2.05) is 6.92 Å². The Morgan fingerprint density at radius 1 is 1.19 bits per heavy atom. The van der Waals surface area contributed by atoms with Crippen LogP contribution in [0.5, 0.6) is 5.75 Å². The van der Waals surface area contributed by atoms with Gasteiger partial charge in [0.1, 0.15) is 10.6 Å². The third-order valence-electron chi connectivity index (χ3n) is 3.61. The zero-order chi connectivity index (χ0) is 19.2. The van der Waals surface area contributed by atoms with Crippen LogP contribution in [0, 0.1) is 0 Å². The molecule has 1 amide bonds. The number of nitrogens with one attached hydrogen (secondary N) is 2. The second-order valence-electron chi connectivity index (χ2n) is 5.60. The molecule has 0 bridgehead atoms. The fraction of sp³-hybridized carbons (Fsp3) is 0.278. The molecule has 8 heteroatoms. The fourth-order valence-corrected chi connectivity index (χ4v) is 3.78. The van der Waals surface area contributed by atoms with Crippen LogP contribution in [-0.2, 0) is 14.8 Å². The maximum Gasteiger partial charge on any atom is 0.265 e. The third-order valence-corrected chi connectivity index (χ3v) is 5.33. The van der Waals surface area contributed by atoms with Crippen LogP contribution in [0.25, 0.3) is 0 Å². The van der Waals surface area contributed by atoms with Crippen molar-refractivity contribution in [3.8, 4) is 5.75 Å². The molecule has 2 aromatic rings. The van der Waals surface area contributed by atoms with Crippen LogP contribution in [0.4, 0.5) is 11.4 Å². The SMILES string of the molecule is CCCCC(=O)Nc1ccc(OC)c(S(=O)(=O)Nc2ccccc2Cl)c1. The average molecular weight is 397 g/mol. The van der Waals surface area contributed by atoms with Gasteiger partial charge in [0, 0.05) is 12.1 Å². The summed E-state index contributed by atoms with van der Waals surface area (Å²) >= 11 is 6.02. The molecule has 0 radical (unpaired) electrons. The van der Waals surface area contributed by atoms with Gasteiger partial charge in [-0.15, -0.1) is 0 Å². The number of amides is 1. The number of methoxy groups -OCH3 is 1. The summed E-state index contributed by atoms with van der Waals surface area (Å²) in [7, 11) is -2.59. The van der Waals surface area contributed by atoms with Crippen LogP contribution in [0.2, 0.25) is 5.02 Å². The molecule has 0 unspecified atom stereocenters. The summed E-state index contributed by atoms with van der Waals surface area (Å²) in [5, 5.41) is 2.98. The third kappa shape index (κ3) is 5.12. The molecule has 0 saturated heterocycles. The summed E-state index contributed by atoms with van der Waals surface area (Å²) in [6.07, 6.45) is 2.04. The summed E-state index contributed by atoms with van der Waals surface area (Å²) in [5.74, 6) is -0.00413. The minimum absolute atomic E-state index is 0.0896. The molecule has 0 aliphatic heterocycles. The van der Waals surface area contributed by atoms with Crippen molar-refractivity contribution in [2.45, 2.75) is 31.1 Å². The van der Waals surface area contributed by atoms with Gasteiger partial charge < -0.3 is 10.1 Å². The summed E-state index contributed by atoms with van der Waals surface area (Å²) < 4.78 is 33.2. The van der Waals surface area contributed by atoms with Crippen LogP contribution in [0.1, 0.15) is 26.2 Å². The number of halogens is 1. The standard InChI is InChI=1S/C18H21ClN2O4S/c1-3-4-9-18(22)20-13-10-11-16(25-2)17(12-13)26(23,24)21-15-8-6-5-7-14(15)19/h5-8,10-12,21H,3-4,9H2,1-2H3,(H,20,22). The molecule has 0 aliphatic carbocycles. The van der Waals surface area contributed by atoms with Crippen molar-refractivity contribution in [3.05, 3.63) is 47.5 Å². The van der Waals surface area contributed by atoms with E-state index in [4.69, 9.17) is 16.3 Å². The van der Waals surface area contributed by atoms with E-state index >= 15 is 0 Å². The van der Waals surface area contributed by atoms with Gasteiger partial charge in [-0.05, 0) is 36.8 Å². The number of unbranched alkanes of at least 4 members (excludes halogenated alkanes) is 1. The first-order chi connectivity index (χ1) is 12.4. The molecule has 0 fully saturated rings. The van der Waals surface area contributed by atoms with Crippen molar-refractivity contribution in [1.82, 2.24) is 0 Å². The number of hydrogen-bond donors (Lipinski definition) is 2. The number of sulfonamides is 1. The molecule has 6 nitrogen and oxygen atoms in total. The minimum atomic E-state index is -3.96. The highest BCUT2D eigenvalue weighted by Crippen LogP contribution is 2.30. The highest BCUT2D eigenvalue weighted by atomic mass is 35.5. The lowest BCUT2D eigenvalue weighted by Crippen LogP contribution is -2.16. The van der Waals surface area contributed by atoms with Gasteiger partial charge >= 0.3 is 0 Å². The van der Waals surface area contributed by atoms with Gasteiger partial charge in [0.25, 0.3) is 10.0 Å². The van der Waals surface area contributed by atoms with Gasteiger partial charge in [-0.2, -0.15) is 0 Å². The molecule has 0 aromatic heterocycles. The van der Waals surface area contributed by atoms with Crippen LogP contribution in [-0.4, -0.2) is 21.4 Å². The lowest BCUT2D eigenvalue weighted by molar-refractivity contribution is -0.116. The fourth-order valence-electron chi connectivity index (χ4n) is 2.27. The Kier molecular flexibility index (Phi) is 6.88. The lowest BCUT2D eigenvalue weighted by Gasteiger charge is -2.14. The van der Waals surface area contributed by atoms with Crippen LogP contribution in [0.15, 0.2) is 47.4 Å². The molecule has 0 heterocycles. The van der Waals surface area contributed by atoms with E-state index in [1.54, 1.807) is 30.3 Å². The normalized spacial score (nSPS) is 11.0. The van der Waals surface area contributed by atoms with E-state index in [2.05, 4.69) is 10.0 Å². The highest BCUT2D eigenvalue weighted by Gasteiger charge is 2.21. The Hall–Kier alpha value is -2.25. The second-order valence-corrected chi connectivity index (χ2v) is 7.66. The van der Waals surface area contributed by atoms with Crippen LogP contribution in [0.3, 0.4) is 0 Å². The molecule has 2 N–H and O–H groups in total. The smallest absolute Gasteiger partial charge is 0.265 e. The van der Waals surface area contributed by atoms with Crippen molar-refractivity contribution in [3.63, 3.8) is 0 Å². The molecule has 140 valence electrons. The van der Waals surface area contributed by atoms with Gasteiger partial charge in [0.05, 0.1) is 17.8 Å². The molecule has 26 heavy (non-hydrogen) atoms. The quantitative estimate of drug-likeness (QED) is 0.697. The Bertz CT molecular complexity index is 885. The van der Waals surface area contributed by atoms with Gasteiger partial charge in [-0.1, -0.05) is 37.1 Å². The van der Waals surface area contributed by atoms with Crippen molar-refractivity contribution < 1.29 is 17.9 Å². The number of benzene rings is 2. The van der Waals surface area contributed by atoms with E-state index in [9.17, 15) is 13.2 Å². The predicted octanol–water partition coefficient (Wildman–Crippen LogP) is 4.28. The van der Waals surface area contributed by atoms with E-state index < -0.39 is 10.0 Å².